The average Bonchev–Trinajstić information content (AvgIpc) is 2.51. The maximum absolute atomic E-state index is 11.4. The Bertz CT molecular complexity index is 311. The van der Waals surface area contributed by atoms with Gasteiger partial charge in [-0.25, -0.2) is 4.79 Å². The maximum atomic E-state index is 11.4. The van der Waals surface area contributed by atoms with Crippen molar-refractivity contribution >= 4 is 11.7 Å². The molecule has 1 aromatic rings. The summed E-state index contributed by atoms with van der Waals surface area (Å²) in [6.45, 7) is 2.08. The molecule has 6 heteroatoms. The van der Waals surface area contributed by atoms with Crippen LogP contribution in [0.25, 0.3) is 0 Å². The number of H-pyrrole nitrogens is 1. The summed E-state index contributed by atoms with van der Waals surface area (Å²) >= 11 is 0. The van der Waals surface area contributed by atoms with Gasteiger partial charge in [0.2, 0.25) is 0 Å². The van der Waals surface area contributed by atoms with Crippen LogP contribution in [0.15, 0.2) is 6.20 Å². The summed E-state index contributed by atoms with van der Waals surface area (Å²) in [5.41, 5.74) is 5.92. The van der Waals surface area contributed by atoms with Crippen LogP contribution < -0.4 is 5.73 Å². The van der Waals surface area contributed by atoms with Gasteiger partial charge in [-0.15, -0.1) is 0 Å². The first kappa shape index (κ1) is 10.5. The Labute approximate surface area is 81.4 Å². The van der Waals surface area contributed by atoms with E-state index in [2.05, 4.69) is 10.2 Å². The van der Waals surface area contributed by atoms with E-state index in [0.717, 1.165) is 0 Å². The van der Waals surface area contributed by atoms with E-state index >= 15 is 0 Å². The van der Waals surface area contributed by atoms with Crippen LogP contribution in [0.2, 0.25) is 0 Å². The Morgan fingerprint density at radius 1 is 1.79 bits per heavy atom. The lowest BCUT2D eigenvalue weighted by Crippen LogP contribution is -2.20. The van der Waals surface area contributed by atoms with Crippen molar-refractivity contribution in [1.82, 2.24) is 10.2 Å². The van der Waals surface area contributed by atoms with Crippen molar-refractivity contribution in [3.8, 4) is 0 Å². The topological polar surface area (TPSA) is 90.2 Å². The summed E-state index contributed by atoms with van der Waals surface area (Å²) in [6, 6.07) is 0. The fourth-order valence-corrected chi connectivity index (χ4v) is 0.969. The highest BCUT2D eigenvalue weighted by atomic mass is 16.6. The van der Waals surface area contributed by atoms with Gasteiger partial charge in [0.15, 0.2) is 5.69 Å². The standard InChI is InChI=1S/C8H13N3O3/c1-5(4-13-2)14-8(12)7-6(9)3-10-11-7/h3,5H,4,9H2,1-2H3,(H,10,11). The molecule has 1 rings (SSSR count). The molecular weight excluding hydrogens is 186 g/mol. The minimum absolute atomic E-state index is 0.174. The lowest BCUT2D eigenvalue weighted by atomic mass is 10.3. The SMILES string of the molecule is COCC(C)OC(=O)c1[nH]ncc1N. The molecule has 14 heavy (non-hydrogen) atoms. The van der Waals surface area contributed by atoms with E-state index in [4.69, 9.17) is 15.2 Å². The van der Waals surface area contributed by atoms with Gasteiger partial charge in [-0.2, -0.15) is 5.10 Å². The van der Waals surface area contributed by atoms with Crippen LogP contribution in [0.1, 0.15) is 17.4 Å². The number of ether oxygens (including phenoxy) is 2. The molecule has 0 spiro atoms. The highest BCUT2D eigenvalue weighted by Gasteiger charge is 2.16. The van der Waals surface area contributed by atoms with Crippen molar-refractivity contribution in [1.29, 1.82) is 0 Å². The summed E-state index contributed by atoms with van der Waals surface area (Å²) in [5.74, 6) is -0.524. The molecule has 6 nitrogen and oxygen atoms in total. The van der Waals surface area contributed by atoms with Gasteiger partial charge in [-0.1, -0.05) is 0 Å². The molecule has 0 aliphatic rings. The first-order chi connectivity index (χ1) is 6.65. The Hall–Kier alpha value is -1.56. The highest BCUT2D eigenvalue weighted by Crippen LogP contribution is 2.08. The molecule has 3 N–H and O–H groups in total. The van der Waals surface area contributed by atoms with E-state index in [1.54, 1.807) is 6.92 Å². The van der Waals surface area contributed by atoms with E-state index in [9.17, 15) is 4.79 Å². The van der Waals surface area contributed by atoms with Crippen LogP contribution in [-0.4, -0.2) is 36.0 Å². The number of aromatic nitrogens is 2. The number of hydrogen-bond donors (Lipinski definition) is 2. The Morgan fingerprint density at radius 3 is 3.00 bits per heavy atom. The van der Waals surface area contributed by atoms with Crippen LogP contribution in [0, 0.1) is 0 Å². The Balaban J connectivity index is 2.55. The molecule has 1 unspecified atom stereocenters. The molecular formula is C8H13N3O3. The van der Waals surface area contributed by atoms with Crippen molar-refractivity contribution in [2.45, 2.75) is 13.0 Å². The van der Waals surface area contributed by atoms with Crippen molar-refractivity contribution < 1.29 is 14.3 Å². The zero-order valence-corrected chi connectivity index (χ0v) is 8.11. The number of nitrogens with zero attached hydrogens (tertiary/aromatic N) is 1. The number of esters is 1. The second kappa shape index (κ2) is 4.61. The number of methoxy groups -OCH3 is 1. The Morgan fingerprint density at radius 2 is 2.50 bits per heavy atom. The number of carbonyl (C=O) groups is 1. The van der Waals surface area contributed by atoms with Gasteiger partial charge in [0.1, 0.15) is 6.10 Å². The van der Waals surface area contributed by atoms with E-state index in [0.29, 0.717) is 6.61 Å². The van der Waals surface area contributed by atoms with Gasteiger partial charge in [-0.05, 0) is 6.92 Å². The Kier molecular flexibility index (Phi) is 3.47. The highest BCUT2D eigenvalue weighted by molar-refractivity contribution is 5.92. The zero-order valence-electron chi connectivity index (χ0n) is 8.11. The minimum atomic E-state index is -0.524. The van der Waals surface area contributed by atoms with Crippen molar-refractivity contribution in [2.24, 2.45) is 0 Å². The van der Waals surface area contributed by atoms with Crippen LogP contribution >= 0.6 is 0 Å². The quantitative estimate of drug-likeness (QED) is 0.675. The predicted octanol–water partition coefficient (Wildman–Crippen LogP) is 0.184. The number of anilines is 1. The molecule has 1 heterocycles. The minimum Gasteiger partial charge on any atom is -0.455 e. The zero-order chi connectivity index (χ0) is 10.6. The maximum Gasteiger partial charge on any atom is 0.358 e. The average molecular weight is 199 g/mol. The van der Waals surface area contributed by atoms with Crippen LogP contribution in [0.3, 0.4) is 0 Å². The normalized spacial score (nSPS) is 12.4. The molecule has 0 amide bonds. The molecule has 0 bridgehead atoms. The van der Waals surface area contributed by atoms with Gasteiger partial charge >= 0.3 is 5.97 Å². The first-order valence-corrected chi connectivity index (χ1v) is 4.14. The number of nitrogens with one attached hydrogen (secondary N) is 1. The number of hydrogen-bond acceptors (Lipinski definition) is 5. The number of nitrogen functional groups attached to an aromatic ring is 1. The summed E-state index contributed by atoms with van der Waals surface area (Å²) < 4.78 is 9.82. The van der Waals surface area contributed by atoms with E-state index in [1.807, 2.05) is 0 Å². The molecule has 0 radical (unpaired) electrons. The van der Waals surface area contributed by atoms with Gasteiger partial charge in [0, 0.05) is 7.11 Å². The van der Waals surface area contributed by atoms with E-state index in [1.165, 1.54) is 13.3 Å². The van der Waals surface area contributed by atoms with Gasteiger partial charge < -0.3 is 15.2 Å². The third-order valence-corrected chi connectivity index (χ3v) is 1.58. The smallest absolute Gasteiger partial charge is 0.358 e. The number of carbonyl (C=O) groups excluding carboxylic acids is 1. The number of nitrogens with two attached hydrogens (primary N) is 1. The molecule has 0 saturated heterocycles. The molecule has 0 fully saturated rings. The van der Waals surface area contributed by atoms with Gasteiger partial charge in [-0.3, -0.25) is 5.10 Å². The molecule has 0 aliphatic carbocycles. The van der Waals surface area contributed by atoms with E-state index in [-0.39, 0.29) is 17.5 Å². The third kappa shape index (κ3) is 2.46. The van der Waals surface area contributed by atoms with Gasteiger partial charge in [0.25, 0.3) is 0 Å². The van der Waals surface area contributed by atoms with E-state index < -0.39 is 5.97 Å². The largest absolute Gasteiger partial charge is 0.455 e. The molecule has 78 valence electrons. The summed E-state index contributed by atoms with van der Waals surface area (Å²) in [7, 11) is 1.54. The fourth-order valence-electron chi connectivity index (χ4n) is 0.969. The monoisotopic (exact) mass is 199 g/mol. The fraction of sp³-hybridized carbons (Fsp3) is 0.500. The lowest BCUT2D eigenvalue weighted by molar-refractivity contribution is 0.0115. The molecule has 0 aliphatic heterocycles. The molecule has 1 atom stereocenters. The molecule has 1 aromatic heterocycles. The second-order valence-electron chi connectivity index (χ2n) is 2.87. The van der Waals surface area contributed by atoms with Crippen LogP contribution in [0.5, 0.6) is 0 Å². The number of rotatable bonds is 4. The van der Waals surface area contributed by atoms with Crippen LogP contribution in [0.4, 0.5) is 5.69 Å². The van der Waals surface area contributed by atoms with Crippen molar-refractivity contribution in [2.75, 3.05) is 19.5 Å². The van der Waals surface area contributed by atoms with Crippen molar-refractivity contribution in [3.05, 3.63) is 11.9 Å². The van der Waals surface area contributed by atoms with Crippen molar-refractivity contribution in [3.63, 3.8) is 0 Å². The summed E-state index contributed by atoms with van der Waals surface area (Å²) in [6.07, 6.45) is 1.05. The number of aromatic amines is 1. The first-order valence-electron chi connectivity index (χ1n) is 4.14. The predicted molar refractivity (Wildman–Crippen MR) is 49.8 cm³/mol. The summed E-state index contributed by atoms with van der Waals surface area (Å²) in [4.78, 5) is 11.4. The molecule has 0 aromatic carbocycles. The third-order valence-electron chi connectivity index (χ3n) is 1.58. The van der Waals surface area contributed by atoms with Crippen LogP contribution in [-0.2, 0) is 9.47 Å². The second-order valence-corrected chi connectivity index (χ2v) is 2.87. The summed E-state index contributed by atoms with van der Waals surface area (Å²) in [5, 5.41) is 6.08. The molecule has 0 saturated carbocycles. The van der Waals surface area contributed by atoms with Gasteiger partial charge in [0.05, 0.1) is 18.5 Å². The lowest BCUT2D eigenvalue weighted by Gasteiger charge is -2.11.